The molecule has 0 N–H and O–H groups in total. The largest absolute Gasteiger partial charge is 0.427 e. The Balaban J connectivity index is 2.14. The van der Waals surface area contributed by atoms with Crippen molar-refractivity contribution in [3.63, 3.8) is 0 Å². The maximum Gasteiger partial charge on any atom is 0.308 e. The van der Waals surface area contributed by atoms with Crippen molar-refractivity contribution in [1.29, 1.82) is 0 Å². The monoisotopic (exact) mass is 289 g/mol. The van der Waals surface area contributed by atoms with E-state index in [-0.39, 0.29) is 5.97 Å². The first-order chi connectivity index (χ1) is 9.47. The van der Waals surface area contributed by atoms with Crippen LogP contribution in [-0.2, 0) is 24.7 Å². The lowest BCUT2D eigenvalue weighted by atomic mass is 10.2. The Morgan fingerprint density at radius 3 is 2.20 bits per heavy atom. The molecule has 4 heteroatoms. The van der Waals surface area contributed by atoms with E-state index in [1.165, 1.54) is 6.92 Å². The Morgan fingerprint density at radius 1 is 1.05 bits per heavy atom. The summed E-state index contributed by atoms with van der Waals surface area (Å²) in [6.45, 7) is 1.36. The third-order valence-electron chi connectivity index (χ3n) is 2.87. The minimum absolute atomic E-state index is 0.346. The van der Waals surface area contributed by atoms with Crippen molar-refractivity contribution in [3.05, 3.63) is 60.2 Å². The first kappa shape index (κ1) is 14.5. The molecule has 0 aliphatic heterocycles. The minimum atomic E-state index is -2.11. The van der Waals surface area contributed by atoms with Crippen molar-refractivity contribution in [1.82, 2.24) is 0 Å². The van der Waals surface area contributed by atoms with Gasteiger partial charge in [-0.3, -0.25) is 4.79 Å². The molecule has 0 spiro atoms. The summed E-state index contributed by atoms with van der Waals surface area (Å²) in [6.07, 6.45) is 1.77. The van der Waals surface area contributed by atoms with Crippen LogP contribution in [0.4, 0.5) is 0 Å². The molecule has 104 valence electrons. The number of benzene rings is 2. The van der Waals surface area contributed by atoms with Gasteiger partial charge in [-0.1, -0.05) is 34.5 Å². The molecule has 0 aliphatic carbocycles. The summed E-state index contributed by atoms with van der Waals surface area (Å²) in [5.41, 5.74) is 0.956. The zero-order chi connectivity index (χ0) is 14.6. The summed E-state index contributed by atoms with van der Waals surface area (Å²) in [5.74, 6) is 0.627. The Labute approximate surface area is 120 Å². The van der Waals surface area contributed by atoms with Gasteiger partial charge in [-0.05, 0) is 24.3 Å². The molecule has 2 rings (SSSR count). The minimum Gasteiger partial charge on any atom is -0.427 e. The van der Waals surface area contributed by atoms with Crippen molar-refractivity contribution in [2.75, 3.05) is 6.26 Å². The van der Waals surface area contributed by atoms with E-state index in [4.69, 9.17) is 4.74 Å². The van der Waals surface area contributed by atoms with E-state index >= 15 is 0 Å². The number of esters is 1. The highest BCUT2D eigenvalue weighted by molar-refractivity contribution is 8.01. The molecular weight excluding hydrogens is 272 g/mol. The van der Waals surface area contributed by atoms with Crippen LogP contribution >= 0.6 is 0 Å². The van der Waals surface area contributed by atoms with Gasteiger partial charge in [0.1, 0.15) is 27.7 Å². The van der Waals surface area contributed by atoms with Crippen LogP contribution < -0.4 is 4.74 Å². The van der Waals surface area contributed by atoms with Crippen molar-refractivity contribution in [3.8, 4) is 5.75 Å². The quantitative estimate of drug-likeness (QED) is 0.493. The van der Waals surface area contributed by atoms with E-state index in [0.29, 0.717) is 11.5 Å². The fourth-order valence-electron chi connectivity index (χ4n) is 1.93. The van der Waals surface area contributed by atoms with Crippen LogP contribution in [0.3, 0.4) is 0 Å². The van der Waals surface area contributed by atoms with Crippen LogP contribution in [-0.4, -0.2) is 12.2 Å². The van der Waals surface area contributed by atoms with Gasteiger partial charge in [-0.2, -0.15) is 0 Å². The summed E-state index contributed by atoms with van der Waals surface area (Å²) in [4.78, 5) is 11.7. The molecule has 3 nitrogen and oxygen atoms in total. The van der Waals surface area contributed by atoms with Gasteiger partial charge in [0, 0.05) is 12.5 Å². The van der Waals surface area contributed by atoms with Gasteiger partial charge in [0.2, 0.25) is 0 Å². The van der Waals surface area contributed by atoms with Crippen LogP contribution in [0.1, 0.15) is 12.5 Å². The standard InChI is InChI=1S/C16H17O3S/c1-13(17)19-15-10-8-14(9-11-15)12-20(2,18)16-6-4-3-5-7-16/h3-11H,12H2,1-2H3/q+1. The number of ether oxygens (including phenoxy) is 1. The van der Waals surface area contributed by atoms with E-state index in [1.807, 2.05) is 42.5 Å². The molecule has 2 aromatic rings. The van der Waals surface area contributed by atoms with Gasteiger partial charge in [0.15, 0.2) is 4.90 Å². The summed E-state index contributed by atoms with van der Waals surface area (Å²) in [6, 6.07) is 16.6. The molecular formula is C16H17O3S+. The van der Waals surface area contributed by atoms with Crippen molar-refractivity contribution >= 4 is 15.9 Å². The van der Waals surface area contributed by atoms with Crippen molar-refractivity contribution in [2.45, 2.75) is 17.6 Å². The van der Waals surface area contributed by atoms with Gasteiger partial charge in [0.05, 0.1) is 0 Å². The molecule has 0 bridgehead atoms. The average Bonchev–Trinajstić information content (AvgIpc) is 2.41. The zero-order valence-corrected chi connectivity index (χ0v) is 12.4. The Kier molecular flexibility index (Phi) is 4.35. The molecule has 0 heterocycles. The fraction of sp³-hybridized carbons (Fsp3) is 0.188. The van der Waals surface area contributed by atoms with E-state index in [1.54, 1.807) is 18.4 Å². The number of hydrogen-bond donors (Lipinski definition) is 0. The smallest absolute Gasteiger partial charge is 0.308 e. The van der Waals surface area contributed by atoms with Crippen LogP contribution in [0.25, 0.3) is 0 Å². The van der Waals surface area contributed by atoms with Gasteiger partial charge < -0.3 is 4.74 Å². The second-order valence-corrected chi connectivity index (χ2v) is 7.47. The van der Waals surface area contributed by atoms with Crippen molar-refractivity contribution in [2.24, 2.45) is 0 Å². The highest BCUT2D eigenvalue weighted by atomic mass is 32.2. The predicted molar refractivity (Wildman–Crippen MR) is 80.1 cm³/mol. The normalized spacial score (nSPS) is 13.5. The summed E-state index contributed by atoms with van der Waals surface area (Å²) in [7, 11) is -2.11. The molecule has 1 atom stereocenters. The summed E-state index contributed by atoms with van der Waals surface area (Å²) >= 11 is 0. The third kappa shape index (κ3) is 3.78. The summed E-state index contributed by atoms with van der Waals surface area (Å²) in [5, 5.41) is 0. The molecule has 0 saturated heterocycles. The lowest BCUT2D eigenvalue weighted by Crippen LogP contribution is -2.11. The van der Waals surface area contributed by atoms with E-state index < -0.39 is 9.93 Å². The van der Waals surface area contributed by atoms with E-state index in [2.05, 4.69) is 0 Å². The highest BCUT2D eigenvalue weighted by Gasteiger charge is 2.24. The lowest BCUT2D eigenvalue weighted by Gasteiger charge is -2.08. The molecule has 0 radical (unpaired) electrons. The first-order valence-electron chi connectivity index (χ1n) is 6.27. The second-order valence-electron chi connectivity index (χ2n) is 4.70. The van der Waals surface area contributed by atoms with Gasteiger partial charge in [-0.15, -0.1) is 0 Å². The fourth-order valence-corrected chi connectivity index (χ4v) is 3.66. The highest BCUT2D eigenvalue weighted by Crippen LogP contribution is 2.23. The maximum absolute atomic E-state index is 12.7. The number of hydrogen-bond acceptors (Lipinski definition) is 3. The van der Waals surface area contributed by atoms with Crippen molar-refractivity contribution < 1.29 is 13.7 Å². The molecule has 0 aliphatic rings. The first-order valence-corrected chi connectivity index (χ1v) is 8.40. The molecule has 2 aromatic carbocycles. The predicted octanol–water partition coefficient (Wildman–Crippen LogP) is 3.30. The molecule has 0 aromatic heterocycles. The lowest BCUT2D eigenvalue weighted by molar-refractivity contribution is -0.131. The molecule has 0 saturated carbocycles. The maximum atomic E-state index is 12.7. The van der Waals surface area contributed by atoms with Gasteiger partial charge >= 0.3 is 5.97 Å². The van der Waals surface area contributed by atoms with E-state index in [9.17, 15) is 9.00 Å². The van der Waals surface area contributed by atoms with Crippen LogP contribution in [0.5, 0.6) is 5.75 Å². The van der Waals surface area contributed by atoms with E-state index in [0.717, 1.165) is 10.5 Å². The third-order valence-corrected chi connectivity index (χ3v) is 5.02. The Bertz CT molecular complexity index is 633. The Hall–Kier alpha value is -1.94. The molecule has 20 heavy (non-hydrogen) atoms. The van der Waals surface area contributed by atoms with Crippen LogP contribution in [0.2, 0.25) is 0 Å². The van der Waals surface area contributed by atoms with Crippen LogP contribution in [0.15, 0.2) is 59.5 Å². The van der Waals surface area contributed by atoms with Gasteiger partial charge in [-0.25, -0.2) is 0 Å². The SMILES string of the molecule is CC(=O)Oc1ccc(C[S+](C)(=O)c2ccccc2)cc1. The number of carbonyl (C=O) groups excluding carboxylic acids is 1. The van der Waals surface area contributed by atoms with Crippen LogP contribution in [0, 0.1) is 0 Å². The van der Waals surface area contributed by atoms with Gasteiger partial charge in [0.25, 0.3) is 0 Å². The zero-order valence-electron chi connectivity index (χ0n) is 11.5. The molecule has 1 unspecified atom stereocenters. The Morgan fingerprint density at radius 2 is 1.65 bits per heavy atom. The number of rotatable bonds is 4. The molecule has 0 fully saturated rings. The molecule has 0 amide bonds. The number of carbonyl (C=O) groups is 1. The average molecular weight is 289 g/mol. The summed E-state index contributed by atoms with van der Waals surface area (Å²) < 4.78 is 17.7. The topological polar surface area (TPSA) is 43.4 Å². The second kappa shape index (κ2) is 6.01.